The Morgan fingerprint density at radius 2 is 2.23 bits per heavy atom. The lowest BCUT2D eigenvalue weighted by molar-refractivity contribution is 0.653. The van der Waals surface area contributed by atoms with E-state index in [0.29, 0.717) is 5.75 Å². The highest BCUT2D eigenvalue weighted by atomic mass is 79.9. The van der Waals surface area contributed by atoms with E-state index < -0.39 is 0 Å². The molecule has 0 N–H and O–H groups in total. The first-order chi connectivity index (χ1) is 6.06. The highest BCUT2D eigenvalue weighted by Crippen LogP contribution is 2.20. The van der Waals surface area contributed by atoms with E-state index >= 15 is 0 Å². The minimum atomic E-state index is 0.704. The van der Waals surface area contributed by atoms with E-state index in [9.17, 15) is 0 Å². The molecule has 72 valence electrons. The molecule has 0 aliphatic carbocycles. The van der Waals surface area contributed by atoms with E-state index in [1.54, 1.807) is 0 Å². The van der Waals surface area contributed by atoms with Gasteiger partial charge in [0.1, 0.15) is 0 Å². The fourth-order valence-electron chi connectivity index (χ4n) is 1.09. The van der Waals surface area contributed by atoms with Crippen LogP contribution in [-0.4, -0.2) is 15.5 Å². The molecule has 0 atom stereocenters. The molecule has 1 heterocycles. The van der Waals surface area contributed by atoms with Gasteiger partial charge in [-0.15, -0.1) is 0 Å². The van der Waals surface area contributed by atoms with Crippen LogP contribution in [0.2, 0.25) is 0 Å². The Morgan fingerprint density at radius 3 is 2.62 bits per heavy atom. The van der Waals surface area contributed by atoms with Gasteiger partial charge in [0.2, 0.25) is 0 Å². The van der Waals surface area contributed by atoms with Crippen LogP contribution in [-0.2, 0) is 6.54 Å². The van der Waals surface area contributed by atoms with Crippen LogP contribution in [0.15, 0.2) is 16.6 Å². The zero-order chi connectivity index (χ0) is 10.0. The van der Waals surface area contributed by atoms with Gasteiger partial charge in [-0.1, -0.05) is 6.58 Å². The van der Waals surface area contributed by atoms with Gasteiger partial charge in [-0.3, -0.25) is 4.68 Å². The van der Waals surface area contributed by atoms with Gasteiger partial charge in [-0.25, -0.2) is 0 Å². The Labute approximate surface area is 92.6 Å². The topological polar surface area (TPSA) is 17.8 Å². The van der Waals surface area contributed by atoms with E-state index in [0.717, 1.165) is 28.0 Å². The maximum atomic E-state index is 4.37. The fourth-order valence-corrected chi connectivity index (χ4v) is 1.47. The summed E-state index contributed by atoms with van der Waals surface area (Å²) in [5, 5.41) is 4.37. The van der Waals surface area contributed by atoms with E-state index in [1.165, 1.54) is 0 Å². The van der Waals surface area contributed by atoms with E-state index in [-0.39, 0.29) is 0 Å². The zero-order valence-corrected chi connectivity index (χ0v) is 10.3. The molecule has 0 unspecified atom stereocenters. The van der Waals surface area contributed by atoms with Crippen molar-refractivity contribution in [2.24, 2.45) is 0 Å². The quantitative estimate of drug-likeness (QED) is 0.654. The smallest absolute Gasteiger partial charge is 0.0738 e. The first-order valence-corrected chi connectivity index (χ1v) is 5.45. The maximum Gasteiger partial charge on any atom is 0.0738 e. The van der Waals surface area contributed by atoms with Crippen LogP contribution in [0.1, 0.15) is 11.4 Å². The summed E-state index contributed by atoms with van der Waals surface area (Å²) in [6.07, 6.45) is 0. The summed E-state index contributed by atoms with van der Waals surface area (Å²) in [6, 6.07) is 0. The second-order valence-corrected chi connectivity index (χ2v) is 4.16. The highest BCUT2D eigenvalue weighted by Gasteiger charge is 2.08. The number of hydrogen-bond acceptors (Lipinski definition) is 2. The van der Waals surface area contributed by atoms with E-state index in [2.05, 4.69) is 40.2 Å². The predicted molar refractivity (Wildman–Crippen MR) is 62.4 cm³/mol. The summed E-state index contributed by atoms with van der Waals surface area (Å²) in [6.45, 7) is 8.67. The molecule has 0 radical (unpaired) electrons. The summed E-state index contributed by atoms with van der Waals surface area (Å²) in [4.78, 5) is 0. The van der Waals surface area contributed by atoms with Crippen molar-refractivity contribution in [1.82, 2.24) is 9.78 Å². The summed E-state index contributed by atoms with van der Waals surface area (Å²) in [5.74, 6) is 0.704. The Hall–Kier alpha value is -0.220. The molecule has 1 aromatic heterocycles. The maximum absolute atomic E-state index is 4.37. The van der Waals surface area contributed by atoms with Crippen LogP contribution in [0, 0.1) is 13.8 Å². The SMILES string of the molecule is C=C(CS)Cn1nc(C)c(Br)c1C. The average molecular weight is 261 g/mol. The number of aromatic nitrogens is 2. The van der Waals surface area contributed by atoms with Crippen LogP contribution >= 0.6 is 28.6 Å². The Balaban J connectivity index is 2.90. The highest BCUT2D eigenvalue weighted by molar-refractivity contribution is 9.10. The molecule has 0 saturated heterocycles. The van der Waals surface area contributed by atoms with Gasteiger partial charge in [0.05, 0.1) is 22.4 Å². The Morgan fingerprint density at radius 1 is 1.62 bits per heavy atom. The molecule has 0 saturated carbocycles. The third kappa shape index (κ3) is 2.38. The van der Waals surface area contributed by atoms with Crippen LogP contribution in [0.3, 0.4) is 0 Å². The molecule has 13 heavy (non-hydrogen) atoms. The van der Waals surface area contributed by atoms with E-state index in [1.807, 2.05) is 18.5 Å². The molecule has 0 aromatic carbocycles. The molecule has 0 aliphatic rings. The zero-order valence-electron chi connectivity index (χ0n) is 7.84. The average Bonchev–Trinajstić information content (AvgIpc) is 2.34. The van der Waals surface area contributed by atoms with Crippen molar-refractivity contribution < 1.29 is 0 Å². The summed E-state index contributed by atoms with van der Waals surface area (Å²) >= 11 is 7.64. The van der Waals surface area contributed by atoms with Crippen molar-refractivity contribution >= 4 is 28.6 Å². The largest absolute Gasteiger partial charge is 0.264 e. The van der Waals surface area contributed by atoms with Gasteiger partial charge in [0.15, 0.2) is 0 Å². The molecule has 0 fully saturated rings. The standard InChI is InChI=1S/C9H13BrN2S/c1-6(5-13)4-12-8(3)9(10)7(2)11-12/h13H,1,4-5H2,2-3H3. The molecule has 4 heteroatoms. The van der Waals surface area contributed by atoms with Gasteiger partial charge >= 0.3 is 0 Å². The summed E-state index contributed by atoms with van der Waals surface area (Å²) < 4.78 is 3.03. The third-order valence-corrected chi connectivity index (χ3v) is 3.49. The lowest BCUT2D eigenvalue weighted by Crippen LogP contribution is -2.05. The number of rotatable bonds is 3. The predicted octanol–water partition coefficient (Wildman–Crippen LogP) is 2.75. The van der Waals surface area contributed by atoms with Crippen molar-refractivity contribution in [2.75, 3.05) is 5.75 Å². The second kappa shape index (κ2) is 4.33. The monoisotopic (exact) mass is 260 g/mol. The Kier molecular flexibility index (Phi) is 3.62. The molecule has 2 nitrogen and oxygen atoms in total. The summed E-state index contributed by atoms with van der Waals surface area (Å²) in [7, 11) is 0. The minimum absolute atomic E-state index is 0.704. The van der Waals surface area contributed by atoms with Gasteiger partial charge in [0, 0.05) is 5.75 Å². The van der Waals surface area contributed by atoms with Gasteiger partial charge < -0.3 is 0 Å². The number of hydrogen-bond donors (Lipinski definition) is 1. The van der Waals surface area contributed by atoms with Crippen LogP contribution in [0.4, 0.5) is 0 Å². The minimum Gasteiger partial charge on any atom is -0.264 e. The number of thiol groups is 1. The van der Waals surface area contributed by atoms with E-state index in [4.69, 9.17) is 0 Å². The first-order valence-electron chi connectivity index (χ1n) is 4.03. The molecule has 0 bridgehead atoms. The lowest BCUT2D eigenvalue weighted by atomic mass is 10.3. The van der Waals surface area contributed by atoms with Crippen molar-refractivity contribution in [2.45, 2.75) is 20.4 Å². The van der Waals surface area contributed by atoms with Gasteiger partial charge in [-0.05, 0) is 35.4 Å². The van der Waals surface area contributed by atoms with Crippen molar-refractivity contribution in [3.05, 3.63) is 28.0 Å². The van der Waals surface area contributed by atoms with Crippen LogP contribution in [0.25, 0.3) is 0 Å². The van der Waals surface area contributed by atoms with Crippen molar-refractivity contribution in [3.8, 4) is 0 Å². The number of nitrogens with zero attached hydrogens (tertiary/aromatic N) is 2. The molecule has 1 aromatic rings. The molecular weight excluding hydrogens is 248 g/mol. The van der Waals surface area contributed by atoms with Gasteiger partial charge in [-0.2, -0.15) is 17.7 Å². The van der Waals surface area contributed by atoms with Crippen LogP contribution in [0.5, 0.6) is 0 Å². The normalized spacial score (nSPS) is 10.5. The third-order valence-electron chi connectivity index (χ3n) is 1.89. The second-order valence-electron chi connectivity index (χ2n) is 3.05. The number of halogens is 1. The van der Waals surface area contributed by atoms with Crippen molar-refractivity contribution in [1.29, 1.82) is 0 Å². The molecule has 0 amide bonds. The van der Waals surface area contributed by atoms with Crippen LogP contribution < -0.4 is 0 Å². The molecule has 1 rings (SSSR count). The summed E-state index contributed by atoms with van der Waals surface area (Å²) in [5.41, 5.74) is 3.23. The Bertz CT molecular complexity index is 331. The molecular formula is C9H13BrN2S. The molecule has 0 aliphatic heterocycles. The van der Waals surface area contributed by atoms with Gasteiger partial charge in [0.25, 0.3) is 0 Å². The van der Waals surface area contributed by atoms with Crippen molar-refractivity contribution in [3.63, 3.8) is 0 Å². The number of aryl methyl sites for hydroxylation is 1. The first kappa shape index (κ1) is 10.9. The lowest BCUT2D eigenvalue weighted by Gasteiger charge is -2.04. The fraction of sp³-hybridized carbons (Fsp3) is 0.444. The molecule has 0 spiro atoms.